The van der Waals surface area contributed by atoms with Crippen molar-refractivity contribution in [1.29, 1.82) is 0 Å². The van der Waals surface area contributed by atoms with E-state index in [1.54, 1.807) is 31.3 Å². The third-order valence-corrected chi connectivity index (χ3v) is 8.19. The van der Waals surface area contributed by atoms with Gasteiger partial charge in [-0.15, -0.1) is 0 Å². The summed E-state index contributed by atoms with van der Waals surface area (Å²) in [6.45, 7) is 5.12. The predicted octanol–water partition coefficient (Wildman–Crippen LogP) is 4.36. The lowest BCUT2D eigenvalue weighted by atomic mass is 9.87. The Balaban J connectivity index is 1.43. The number of nitrogens with zero attached hydrogens (tertiary/aromatic N) is 3. The van der Waals surface area contributed by atoms with Crippen molar-refractivity contribution >= 4 is 17.5 Å². The molecular formula is C32H36FN3O5. The Morgan fingerprint density at radius 3 is 2.05 bits per heavy atom. The number of methoxy groups -OCH3 is 3. The molecule has 2 aliphatic heterocycles. The van der Waals surface area contributed by atoms with E-state index in [1.807, 2.05) is 29.2 Å². The van der Waals surface area contributed by atoms with Crippen LogP contribution in [0.1, 0.15) is 27.4 Å². The second kappa shape index (κ2) is 12.1. The van der Waals surface area contributed by atoms with E-state index < -0.39 is 17.6 Å². The Hall–Kier alpha value is -4.27. The first-order chi connectivity index (χ1) is 19.9. The summed E-state index contributed by atoms with van der Waals surface area (Å²) in [5.74, 6) is -0.496. The molecule has 0 spiro atoms. The highest BCUT2D eigenvalue weighted by molar-refractivity contribution is 5.95. The van der Waals surface area contributed by atoms with Crippen LogP contribution in [0, 0.1) is 18.7 Å². The number of benzene rings is 3. The van der Waals surface area contributed by atoms with Crippen LogP contribution in [0.2, 0.25) is 0 Å². The second-order valence-corrected chi connectivity index (χ2v) is 10.5. The molecule has 3 aromatic rings. The number of carbonyl (C=O) groups excluding carboxylic acids is 2. The highest BCUT2D eigenvalue weighted by Crippen LogP contribution is 2.44. The Morgan fingerprint density at radius 1 is 0.805 bits per heavy atom. The van der Waals surface area contributed by atoms with Gasteiger partial charge >= 0.3 is 0 Å². The minimum Gasteiger partial charge on any atom is -0.493 e. The number of para-hydroxylation sites is 1. The number of anilines is 1. The highest BCUT2D eigenvalue weighted by atomic mass is 19.1. The van der Waals surface area contributed by atoms with E-state index in [0.29, 0.717) is 30.3 Å². The molecule has 2 aliphatic rings. The number of ether oxygens (including phenoxy) is 3. The summed E-state index contributed by atoms with van der Waals surface area (Å²) in [5.41, 5.74) is 3.17. The fraction of sp³-hybridized carbons (Fsp3) is 0.375. The molecule has 0 N–H and O–H groups in total. The standard InChI is InChI=1S/C32H36FN3O5/c1-21-9-5-8-12-27(21)34-13-15-35(16-14-34)32(38)25-20-36(31(37)23-10-6-7-11-26(23)33)19-24(25)22-17-28(39-2)30(41-4)29(18-22)40-3/h5-12,17-18,24-25H,13-16,19-20H2,1-4H3. The Kier molecular flexibility index (Phi) is 8.33. The van der Waals surface area contributed by atoms with Gasteiger partial charge < -0.3 is 28.9 Å². The Labute approximate surface area is 240 Å². The van der Waals surface area contributed by atoms with E-state index in [9.17, 15) is 14.0 Å². The maximum atomic E-state index is 14.6. The zero-order valence-corrected chi connectivity index (χ0v) is 23.9. The smallest absolute Gasteiger partial charge is 0.256 e. The number of hydrogen-bond donors (Lipinski definition) is 0. The molecule has 216 valence electrons. The summed E-state index contributed by atoms with van der Waals surface area (Å²) in [6, 6.07) is 17.9. The van der Waals surface area contributed by atoms with Crippen LogP contribution >= 0.6 is 0 Å². The predicted molar refractivity (Wildman–Crippen MR) is 155 cm³/mol. The molecule has 8 nitrogen and oxygen atoms in total. The number of likely N-dealkylation sites (tertiary alicyclic amines) is 1. The van der Waals surface area contributed by atoms with Gasteiger partial charge in [-0.05, 0) is 48.4 Å². The summed E-state index contributed by atoms with van der Waals surface area (Å²) in [4.78, 5) is 33.3. The number of amides is 2. The van der Waals surface area contributed by atoms with Crippen molar-refractivity contribution in [3.05, 3.63) is 83.2 Å². The van der Waals surface area contributed by atoms with Gasteiger partial charge in [-0.2, -0.15) is 0 Å². The van der Waals surface area contributed by atoms with E-state index in [-0.39, 0.29) is 30.5 Å². The molecule has 2 atom stereocenters. The van der Waals surface area contributed by atoms with Crippen molar-refractivity contribution in [2.75, 3.05) is 65.5 Å². The van der Waals surface area contributed by atoms with Crippen molar-refractivity contribution in [2.24, 2.45) is 5.92 Å². The lowest BCUT2D eigenvalue weighted by molar-refractivity contribution is -0.135. The van der Waals surface area contributed by atoms with Gasteiger partial charge in [0.05, 0.1) is 32.8 Å². The van der Waals surface area contributed by atoms with Crippen LogP contribution < -0.4 is 19.1 Å². The van der Waals surface area contributed by atoms with Crippen molar-refractivity contribution in [2.45, 2.75) is 12.8 Å². The van der Waals surface area contributed by atoms with E-state index in [1.165, 1.54) is 30.5 Å². The van der Waals surface area contributed by atoms with E-state index in [0.717, 1.165) is 18.7 Å². The number of piperazine rings is 1. The van der Waals surface area contributed by atoms with Gasteiger partial charge in [0.2, 0.25) is 11.7 Å². The summed E-state index contributed by atoms with van der Waals surface area (Å²) in [5, 5.41) is 0. The first-order valence-corrected chi connectivity index (χ1v) is 13.8. The van der Waals surface area contributed by atoms with Gasteiger partial charge in [-0.25, -0.2) is 4.39 Å². The fourth-order valence-corrected chi connectivity index (χ4v) is 6.00. The average Bonchev–Trinajstić information content (AvgIpc) is 3.46. The molecular weight excluding hydrogens is 525 g/mol. The number of rotatable bonds is 7. The van der Waals surface area contributed by atoms with Crippen LogP contribution in [0.4, 0.5) is 10.1 Å². The van der Waals surface area contributed by atoms with Crippen LogP contribution in [-0.4, -0.2) is 82.2 Å². The minimum absolute atomic E-state index is 0.00362. The minimum atomic E-state index is -0.580. The fourth-order valence-electron chi connectivity index (χ4n) is 6.00. The molecule has 41 heavy (non-hydrogen) atoms. The van der Waals surface area contributed by atoms with Gasteiger partial charge in [0.1, 0.15) is 5.82 Å². The molecule has 2 unspecified atom stereocenters. The molecule has 2 saturated heterocycles. The van der Waals surface area contributed by atoms with Crippen LogP contribution in [0.15, 0.2) is 60.7 Å². The van der Waals surface area contributed by atoms with Crippen molar-refractivity contribution < 1.29 is 28.2 Å². The molecule has 0 radical (unpaired) electrons. The van der Waals surface area contributed by atoms with Gasteiger partial charge in [-0.1, -0.05) is 30.3 Å². The number of carbonyl (C=O) groups is 2. The third kappa shape index (κ3) is 5.53. The molecule has 2 fully saturated rings. The largest absolute Gasteiger partial charge is 0.493 e. The van der Waals surface area contributed by atoms with Gasteiger partial charge in [0.15, 0.2) is 11.5 Å². The summed E-state index contributed by atoms with van der Waals surface area (Å²) in [6.07, 6.45) is 0. The highest BCUT2D eigenvalue weighted by Gasteiger charge is 2.43. The molecule has 2 amide bonds. The van der Waals surface area contributed by atoms with Gasteiger partial charge in [0.25, 0.3) is 5.91 Å². The first kappa shape index (κ1) is 28.3. The molecule has 0 saturated carbocycles. The number of aryl methyl sites for hydroxylation is 1. The van der Waals surface area contributed by atoms with Crippen molar-refractivity contribution in [1.82, 2.24) is 9.80 Å². The van der Waals surface area contributed by atoms with E-state index in [4.69, 9.17) is 14.2 Å². The SMILES string of the molecule is COc1cc(C2CN(C(=O)c3ccccc3F)CC2C(=O)N2CCN(c3ccccc3C)CC2)cc(OC)c1OC. The van der Waals surface area contributed by atoms with Gasteiger partial charge in [0, 0.05) is 50.9 Å². The maximum Gasteiger partial charge on any atom is 0.256 e. The van der Waals surface area contributed by atoms with Gasteiger partial charge in [-0.3, -0.25) is 9.59 Å². The Bertz CT molecular complexity index is 1400. The molecule has 2 heterocycles. The summed E-state index contributed by atoms with van der Waals surface area (Å²) >= 11 is 0. The molecule has 0 aliphatic carbocycles. The summed E-state index contributed by atoms with van der Waals surface area (Å²) < 4.78 is 31.2. The molecule has 3 aromatic carbocycles. The Morgan fingerprint density at radius 2 is 1.44 bits per heavy atom. The molecule has 0 aromatic heterocycles. The van der Waals surface area contributed by atoms with Crippen molar-refractivity contribution in [3.8, 4) is 17.2 Å². The number of hydrogen-bond acceptors (Lipinski definition) is 6. The quantitative estimate of drug-likeness (QED) is 0.427. The summed E-state index contributed by atoms with van der Waals surface area (Å²) in [7, 11) is 4.62. The van der Waals surface area contributed by atoms with Crippen LogP contribution in [0.25, 0.3) is 0 Å². The normalized spacial score (nSPS) is 18.8. The molecule has 0 bridgehead atoms. The van der Waals surface area contributed by atoms with Crippen molar-refractivity contribution in [3.63, 3.8) is 0 Å². The zero-order chi connectivity index (χ0) is 29.1. The van der Waals surface area contributed by atoms with Crippen LogP contribution in [0.5, 0.6) is 17.2 Å². The topological polar surface area (TPSA) is 71.6 Å². The first-order valence-electron chi connectivity index (χ1n) is 13.8. The van der Waals surface area contributed by atoms with E-state index >= 15 is 0 Å². The second-order valence-electron chi connectivity index (χ2n) is 10.5. The zero-order valence-electron chi connectivity index (χ0n) is 23.9. The van der Waals surface area contributed by atoms with Crippen LogP contribution in [-0.2, 0) is 4.79 Å². The average molecular weight is 562 g/mol. The lowest BCUT2D eigenvalue weighted by Gasteiger charge is -2.38. The molecule has 9 heteroatoms. The molecule has 5 rings (SSSR count). The maximum absolute atomic E-state index is 14.6. The van der Waals surface area contributed by atoms with Crippen LogP contribution in [0.3, 0.4) is 0 Å². The third-order valence-electron chi connectivity index (χ3n) is 8.19. The monoisotopic (exact) mass is 561 g/mol. The lowest BCUT2D eigenvalue weighted by Crippen LogP contribution is -2.51. The number of halogens is 1. The van der Waals surface area contributed by atoms with E-state index in [2.05, 4.69) is 24.0 Å².